The van der Waals surface area contributed by atoms with Gasteiger partial charge >= 0.3 is 0 Å². The average Bonchev–Trinajstić information content (AvgIpc) is 3.04. The highest BCUT2D eigenvalue weighted by atomic mass is 16.1. The van der Waals surface area contributed by atoms with Gasteiger partial charge in [-0.3, -0.25) is 4.79 Å². The van der Waals surface area contributed by atoms with Crippen LogP contribution in [0.1, 0.15) is 21.7 Å². The molecule has 0 bridgehead atoms. The molecule has 1 fully saturated rings. The van der Waals surface area contributed by atoms with Gasteiger partial charge in [0.15, 0.2) is 0 Å². The molecule has 2 heterocycles. The number of quaternary nitrogens is 2. The fraction of sp³-hybridized carbons (Fsp3) is 0.320. The molecule has 0 atom stereocenters. The highest BCUT2D eigenvalue weighted by Gasteiger charge is 2.25. The lowest BCUT2D eigenvalue weighted by Crippen LogP contribution is -3.27. The van der Waals surface area contributed by atoms with Gasteiger partial charge in [0, 0.05) is 22.6 Å². The molecule has 0 radical (unpaired) electrons. The summed E-state index contributed by atoms with van der Waals surface area (Å²) >= 11 is 0. The molecule has 1 aliphatic heterocycles. The number of likely N-dealkylation sites (N-methyl/N-ethyl adjacent to an activating group) is 1. The van der Waals surface area contributed by atoms with E-state index in [2.05, 4.69) is 80.1 Å². The number of aryl methyl sites for hydroxylation is 1. The molecule has 4 rings (SSSR count). The average molecular weight is 390 g/mol. The summed E-state index contributed by atoms with van der Waals surface area (Å²) in [6, 6.07) is 21.1. The Labute approximate surface area is 173 Å². The number of nitrogens with zero attached hydrogens (tertiary/aromatic N) is 1. The van der Waals surface area contributed by atoms with Gasteiger partial charge in [-0.2, -0.15) is 0 Å². The van der Waals surface area contributed by atoms with Gasteiger partial charge in [0.1, 0.15) is 32.7 Å². The maximum Gasteiger partial charge on any atom is 0.218 e. The van der Waals surface area contributed by atoms with Crippen LogP contribution in [0, 0.1) is 13.8 Å². The van der Waals surface area contributed by atoms with E-state index in [-0.39, 0.29) is 5.78 Å². The third-order valence-electron chi connectivity index (χ3n) is 6.19. The number of carbonyl (C=O) groups is 1. The topological polar surface area (TPSA) is 30.9 Å². The first-order chi connectivity index (χ1) is 14.0. The predicted molar refractivity (Wildman–Crippen MR) is 117 cm³/mol. The van der Waals surface area contributed by atoms with Crippen molar-refractivity contribution in [3.63, 3.8) is 0 Å². The molecule has 0 saturated carbocycles. The van der Waals surface area contributed by atoms with Gasteiger partial charge in [-0.25, -0.2) is 0 Å². The van der Waals surface area contributed by atoms with Crippen LogP contribution in [0.3, 0.4) is 0 Å². The van der Waals surface area contributed by atoms with E-state index in [9.17, 15) is 4.79 Å². The summed E-state index contributed by atoms with van der Waals surface area (Å²) < 4.78 is 2.20. The molecular formula is C25H31N3O+2. The van der Waals surface area contributed by atoms with Crippen molar-refractivity contribution in [2.45, 2.75) is 13.8 Å². The molecule has 4 nitrogen and oxygen atoms in total. The lowest BCUT2D eigenvalue weighted by Gasteiger charge is -2.26. The summed E-state index contributed by atoms with van der Waals surface area (Å²) in [5.41, 5.74) is 6.54. The largest absolute Gasteiger partial charge is 0.328 e. The Morgan fingerprint density at radius 3 is 2.17 bits per heavy atom. The Balaban J connectivity index is 1.55. The van der Waals surface area contributed by atoms with Crippen LogP contribution in [0.25, 0.3) is 16.8 Å². The lowest BCUT2D eigenvalue weighted by molar-refractivity contribution is -0.999. The lowest BCUT2D eigenvalue weighted by atomic mass is 10.1. The predicted octanol–water partition coefficient (Wildman–Crippen LogP) is 1.36. The quantitative estimate of drug-likeness (QED) is 0.635. The highest BCUT2D eigenvalue weighted by molar-refractivity contribution is 5.98. The molecule has 3 aromatic rings. The number of nitrogens with one attached hydrogen (secondary N) is 2. The molecular weight excluding hydrogens is 358 g/mol. The second-order valence-corrected chi connectivity index (χ2v) is 8.34. The third kappa shape index (κ3) is 4.19. The van der Waals surface area contributed by atoms with Crippen LogP contribution >= 0.6 is 0 Å². The van der Waals surface area contributed by atoms with Crippen molar-refractivity contribution >= 4 is 5.78 Å². The minimum atomic E-state index is 0.264. The van der Waals surface area contributed by atoms with Gasteiger partial charge in [-0.1, -0.05) is 42.5 Å². The molecule has 29 heavy (non-hydrogen) atoms. The smallest absolute Gasteiger partial charge is 0.218 e. The van der Waals surface area contributed by atoms with Crippen LogP contribution in [0.15, 0.2) is 60.7 Å². The number of ketones is 1. The van der Waals surface area contributed by atoms with Gasteiger partial charge < -0.3 is 14.4 Å². The summed E-state index contributed by atoms with van der Waals surface area (Å²) in [5.74, 6) is 0.264. The standard InChI is InChI=1S/C25H29N3O/c1-19-17-24(25(29)18-27-15-13-26(3)14-16-27)20(2)28(19)23-11-9-22(10-12-23)21-7-5-4-6-8-21/h4-12,17H,13-16,18H2,1-3H3/p+2. The summed E-state index contributed by atoms with van der Waals surface area (Å²) in [6.45, 7) is 9.21. The van der Waals surface area contributed by atoms with E-state index in [1.807, 2.05) is 6.07 Å². The number of benzene rings is 2. The molecule has 1 aromatic heterocycles. The van der Waals surface area contributed by atoms with Crippen LogP contribution in [-0.2, 0) is 0 Å². The van der Waals surface area contributed by atoms with Gasteiger partial charge in [0.2, 0.25) is 5.78 Å². The maximum absolute atomic E-state index is 13.0. The van der Waals surface area contributed by atoms with Crippen LogP contribution in [0.2, 0.25) is 0 Å². The van der Waals surface area contributed by atoms with Gasteiger partial charge in [-0.15, -0.1) is 0 Å². The molecule has 2 aromatic carbocycles. The molecule has 1 saturated heterocycles. The Bertz CT molecular complexity index is 981. The first-order valence-electron chi connectivity index (χ1n) is 10.6. The van der Waals surface area contributed by atoms with E-state index < -0.39 is 0 Å². The van der Waals surface area contributed by atoms with Crippen LogP contribution in [0.5, 0.6) is 0 Å². The monoisotopic (exact) mass is 389 g/mol. The molecule has 0 amide bonds. The van der Waals surface area contributed by atoms with Gasteiger partial charge in [0.25, 0.3) is 0 Å². The fourth-order valence-corrected chi connectivity index (χ4v) is 4.41. The Kier molecular flexibility index (Phi) is 5.65. The molecule has 2 N–H and O–H groups in total. The molecule has 150 valence electrons. The van der Waals surface area contributed by atoms with Crippen molar-refractivity contribution < 1.29 is 14.6 Å². The summed E-state index contributed by atoms with van der Waals surface area (Å²) in [5, 5.41) is 0. The molecule has 0 unspecified atom stereocenters. The SMILES string of the molecule is Cc1cc(C(=O)C[NH+]2CC[NH+](C)CC2)c(C)n1-c1ccc(-c2ccccc2)cc1. The highest BCUT2D eigenvalue weighted by Crippen LogP contribution is 2.24. The third-order valence-corrected chi connectivity index (χ3v) is 6.19. The number of rotatable bonds is 5. The Morgan fingerprint density at radius 2 is 1.52 bits per heavy atom. The molecule has 0 spiro atoms. The van der Waals surface area contributed by atoms with Crippen molar-refractivity contribution in [3.8, 4) is 16.8 Å². The van der Waals surface area contributed by atoms with E-state index in [0.29, 0.717) is 6.54 Å². The van der Waals surface area contributed by atoms with E-state index in [1.54, 1.807) is 4.90 Å². The Morgan fingerprint density at radius 1 is 0.897 bits per heavy atom. The van der Waals surface area contributed by atoms with E-state index in [4.69, 9.17) is 0 Å². The molecule has 1 aliphatic rings. The number of aromatic nitrogens is 1. The Hall–Kier alpha value is -2.69. The zero-order chi connectivity index (χ0) is 20.4. The minimum absolute atomic E-state index is 0.264. The van der Waals surface area contributed by atoms with Gasteiger partial charge in [-0.05, 0) is 43.2 Å². The van der Waals surface area contributed by atoms with Crippen molar-refractivity contribution in [2.24, 2.45) is 0 Å². The van der Waals surface area contributed by atoms with E-state index in [1.165, 1.54) is 16.0 Å². The summed E-state index contributed by atoms with van der Waals surface area (Å²) in [6.07, 6.45) is 0. The first-order valence-corrected chi connectivity index (χ1v) is 10.6. The normalized spacial score (nSPS) is 19.3. The van der Waals surface area contributed by atoms with E-state index in [0.717, 1.165) is 48.8 Å². The second-order valence-electron chi connectivity index (χ2n) is 8.34. The maximum atomic E-state index is 13.0. The second kappa shape index (κ2) is 8.36. The van der Waals surface area contributed by atoms with Crippen LogP contribution < -0.4 is 9.80 Å². The molecule has 4 heteroatoms. The fourth-order valence-electron chi connectivity index (χ4n) is 4.41. The van der Waals surface area contributed by atoms with Crippen LogP contribution in [0.4, 0.5) is 0 Å². The van der Waals surface area contributed by atoms with Crippen molar-refractivity contribution in [3.05, 3.63) is 77.6 Å². The number of Topliss-reactive ketones (excluding diaryl/α,β-unsaturated/α-hetero) is 1. The number of carbonyl (C=O) groups excluding carboxylic acids is 1. The zero-order valence-corrected chi connectivity index (χ0v) is 17.7. The van der Waals surface area contributed by atoms with Gasteiger partial charge in [0.05, 0.1) is 7.05 Å². The molecule has 0 aliphatic carbocycles. The van der Waals surface area contributed by atoms with Crippen LogP contribution in [-0.4, -0.2) is 50.1 Å². The van der Waals surface area contributed by atoms with Crippen molar-refractivity contribution in [2.75, 3.05) is 39.8 Å². The minimum Gasteiger partial charge on any atom is -0.328 e. The number of hydrogen-bond acceptors (Lipinski definition) is 1. The first kappa shape index (κ1) is 19.6. The number of hydrogen-bond donors (Lipinski definition) is 2. The summed E-state index contributed by atoms with van der Waals surface area (Å²) in [4.78, 5) is 16.0. The zero-order valence-electron chi connectivity index (χ0n) is 17.7. The van der Waals surface area contributed by atoms with Crippen molar-refractivity contribution in [1.29, 1.82) is 0 Å². The summed E-state index contributed by atoms with van der Waals surface area (Å²) in [7, 11) is 2.23. The van der Waals surface area contributed by atoms with Crippen molar-refractivity contribution in [1.82, 2.24) is 4.57 Å². The number of piperazine rings is 1. The van der Waals surface area contributed by atoms with E-state index >= 15 is 0 Å².